The Bertz CT molecular complexity index is 709. The summed E-state index contributed by atoms with van der Waals surface area (Å²) in [5.41, 5.74) is 4.37. The van der Waals surface area contributed by atoms with Gasteiger partial charge in [0.25, 0.3) is 0 Å². The minimum Gasteiger partial charge on any atom is -0.496 e. The minimum absolute atomic E-state index is 0.368. The van der Waals surface area contributed by atoms with Crippen LogP contribution in [0.2, 0.25) is 5.02 Å². The van der Waals surface area contributed by atoms with Gasteiger partial charge in [-0.25, -0.2) is 0 Å². The van der Waals surface area contributed by atoms with E-state index in [1.54, 1.807) is 25.5 Å². The molecule has 0 spiro atoms. The molecule has 0 fully saturated rings. The molecule has 22 heavy (non-hydrogen) atoms. The molecule has 7 heteroatoms. The summed E-state index contributed by atoms with van der Waals surface area (Å²) in [6, 6.07) is 12.9. The Hall–Kier alpha value is -1.63. The quantitative estimate of drug-likeness (QED) is 0.454. The molecule has 0 radical (unpaired) electrons. The molecule has 0 aliphatic rings. The van der Waals surface area contributed by atoms with Gasteiger partial charge in [-0.3, -0.25) is 5.43 Å². The van der Waals surface area contributed by atoms with Crippen LogP contribution in [0, 0.1) is 0 Å². The van der Waals surface area contributed by atoms with Gasteiger partial charge in [0.15, 0.2) is 5.11 Å². The van der Waals surface area contributed by atoms with Gasteiger partial charge in [-0.1, -0.05) is 33.6 Å². The van der Waals surface area contributed by atoms with Crippen LogP contribution in [0.25, 0.3) is 0 Å². The zero-order valence-corrected chi connectivity index (χ0v) is 14.8. The first kappa shape index (κ1) is 16.7. The van der Waals surface area contributed by atoms with E-state index < -0.39 is 0 Å². The third-order valence-electron chi connectivity index (χ3n) is 2.64. The molecule has 0 aliphatic carbocycles. The molecular weight excluding hydrogens is 386 g/mol. The van der Waals surface area contributed by atoms with Crippen LogP contribution in [0.1, 0.15) is 5.56 Å². The fourth-order valence-corrected chi connectivity index (χ4v) is 2.43. The largest absolute Gasteiger partial charge is 0.496 e. The first-order valence-electron chi connectivity index (χ1n) is 6.27. The van der Waals surface area contributed by atoms with E-state index in [1.165, 1.54) is 0 Å². The number of nitrogens with one attached hydrogen (secondary N) is 2. The van der Waals surface area contributed by atoms with Crippen LogP contribution in [0.5, 0.6) is 5.75 Å². The highest BCUT2D eigenvalue weighted by molar-refractivity contribution is 9.10. The maximum Gasteiger partial charge on any atom is 0.191 e. The lowest BCUT2D eigenvalue weighted by molar-refractivity contribution is 0.414. The molecule has 2 rings (SSSR count). The smallest absolute Gasteiger partial charge is 0.191 e. The van der Waals surface area contributed by atoms with E-state index in [2.05, 4.69) is 31.8 Å². The van der Waals surface area contributed by atoms with E-state index in [1.807, 2.05) is 30.3 Å². The Labute approximate surface area is 147 Å². The van der Waals surface area contributed by atoms with Gasteiger partial charge in [0.2, 0.25) is 0 Å². The van der Waals surface area contributed by atoms with Gasteiger partial charge in [0.1, 0.15) is 5.75 Å². The van der Waals surface area contributed by atoms with Crippen LogP contribution < -0.4 is 15.5 Å². The normalized spacial score (nSPS) is 10.5. The van der Waals surface area contributed by atoms with Crippen LogP contribution >= 0.6 is 39.7 Å². The number of hydrazone groups is 1. The first-order valence-corrected chi connectivity index (χ1v) is 7.85. The van der Waals surface area contributed by atoms with Crippen molar-refractivity contribution in [2.45, 2.75) is 0 Å². The lowest BCUT2D eigenvalue weighted by atomic mass is 10.2. The molecule has 0 saturated carbocycles. The molecule has 2 N–H and O–H groups in total. The van der Waals surface area contributed by atoms with E-state index in [-0.39, 0.29) is 0 Å². The maximum atomic E-state index is 5.91. The summed E-state index contributed by atoms with van der Waals surface area (Å²) < 4.78 is 6.20. The highest BCUT2D eigenvalue weighted by Gasteiger charge is 2.01. The molecule has 114 valence electrons. The highest BCUT2D eigenvalue weighted by Crippen LogP contribution is 2.21. The third kappa shape index (κ3) is 4.98. The third-order valence-corrected chi connectivity index (χ3v) is 3.57. The van der Waals surface area contributed by atoms with Gasteiger partial charge in [0, 0.05) is 20.7 Å². The van der Waals surface area contributed by atoms with Gasteiger partial charge in [-0.15, -0.1) is 0 Å². The fourth-order valence-electron chi connectivity index (χ4n) is 1.69. The van der Waals surface area contributed by atoms with Gasteiger partial charge in [-0.2, -0.15) is 5.10 Å². The molecule has 4 nitrogen and oxygen atoms in total. The van der Waals surface area contributed by atoms with Gasteiger partial charge in [-0.05, 0) is 48.6 Å². The molecule has 0 amide bonds. The Kier molecular flexibility index (Phi) is 6.18. The standard InChI is InChI=1S/C15H13BrClN3OS/c1-21-14-6-5-11(16)7-10(14)9-18-20-15(22)19-13-4-2-3-12(17)8-13/h2-9H,1H3,(H2,19,20,22)/b18-9-. The van der Waals surface area contributed by atoms with Crippen LogP contribution in [-0.2, 0) is 0 Å². The topological polar surface area (TPSA) is 45.6 Å². The van der Waals surface area contributed by atoms with Crippen molar-refractivity contribution in [2.24, 2.45) is 5.10 Å². The number of thiocarbonyl (C=S) groups is 1. The van der Waals surface area contributed by atoms with Crippen molar-refractivity contribution in [1.29, 1.82) is 0 Å². The molecule has 2 aromatic rings. The second-order valence-corrected chi connectivity index (χ2v) is 5.98. The molecular formula is C15H13BrClN3OS. The number of ether oxygens (including phenoxy) is 1. The Morgan fingerprint density at radius 3 is 2.86 bits per heavy atom. The number of rotatable bonds is 4. The summed E-state index contributed by atoms with van der Waals surface area (Å²) in [6.07, 6.45) is 1.63. The summed E-state index contributed by atoms with van der Waals surface area (Å²) in [4.78, 5) is 0. The van der Waals surface area contributed by atoms with E-state index in [9.17, 15) is 0 Å². The predicted molar refractivity (Wildman–Crippen MR) is 99.1 cm³/mol. The molecule has 0 unspecified atom stereocenters. The lowest BCUT2D eigenvalue weighted by Gasteiger charge is -2.07. The number of hydrogen-bond acceptors (Lipinski definition) is 3. The Morgan fingerprint density at radius 1 is 1.32 bits per heavy atom. The maximum absolute atomic E-state index is 5.91. The molecule has 0 aromatic heterocycles. The van der Waals surface area contributed by atoms with E-state index >= 15 is 0 Å². The number of benzene rings is 2. The zero-order chi connectivity index (χ0) is 15.9. The van der Waals surface area contributed by atoms with Crippen molar-refractivity contribution < 1.29 is 4.74 Å². The molecule has 0 bridgehead atoms. The molecule has 0 saturated heterocycles. The number of hydrogen-bond donors (Lipinski definition) is 2. The summed E-state index contributed by atoms with van der Waals surface area (Å²) >= 11 is 14.5. The van der Waals surface area contributed by atoms with E-state index in [0.717, 1.165) is 21.5 Å². The summed E-state index contributed by atoms with van der Waals surface area (Å²) in [5.74, 6) is 0.725. The average molecular weight is 399 g/mol. The zero-order valence-electron chi connectivity index (χ0n) is 11.6. The van der Waals surface area contributed by atoms with Crippen molar-refractivity contribution in [3.8, 4) is 5.75 Å². The summed E-state index contributed by atoms with van der Waals surface area (Å²) in [5, 5.41) is 8.09. The SMILES string of the molecule is COc1ccc(Br)cc1/C=N\NC(=S)Nc1cccc(Cl)c1. The Balaban J connectivity index is 1.97. The second-order valence-electron chi connectivity index (χ2n) is 4.22. The van der Waals surface area contributed by atoms with Crippen molar-refractivity contribution in [3.05, 3.63) is 57.5 Å². The molecule has 0 heterocycles. The van der Waals surface area contributed by atoms with Crippen molar-refractivity contribution in [2.75, 3.05) is 12.4 Å². The van der Waals surface area contributed by atoms with E-state index in [0.29, 0.717) is 10.1 Å². The lowest BCUT2D eigenvalue weighted by Crippen LogP contribution is -2.23. The number of halogens is 2. The summed E-state index contributed by atoms with van der Waals surface area (Å²) in [7, 11) is 1.61. The first-order chi connectivity index (χ1) is 10.6. The summed E-state index contributed by atoms with van der Waals surface area (Å²) in [6.45, 7) is 0. The number of methoxy groups -OCH3 is 1. The molecule has 2 aromatic carbocycles. The average Bonchev–Trinajstić information content (AvgIpc) is 2.47. The predicted octanol–water partition coefficient (Wildman–Crippen LogP) is 4.43. The van der Waals surface area contributed by atoms with Gasteiger partial charge in [0.05, 0.1) is 13.3 Å². The van der Waals surface area contributed by atoms with Crippen LogP contribution in [0.3, 0.4) is 0 Å². The van der Waals surface area contributed by atoms with E-state index in [4.69, 9.17) is 28.6 Å². The molecule has 0 aliphatic heterocycles. The fraction of sp³-hybridized carbons (Fsp3) is 0.0667. The Morgan fingerprint density at radius 2 is 2.14 bits per heavy atom. The highest BCUT2D eigenvalue weighted by atomic mass is 79.9. The molecule has 0 atom stereocenters. The number of anilines is 1. The van der Waals surface area contributed by atoms with Crippen LogP contribution in [0.4, 0.5) is 5.69 Å². The van der Waals surface area contributed by atoms with Crippen LogP contribution in [-0.4, -0.2) is 18.4 Å². The van der Waals surface area contributed by atoms with Gasteiger partial charge >= 0.3 is 0 Å². The van der Waals surface area contributed by atoms with Crippen molar-refractivity contribution in [1.82, 2.24) is 5.43 Å². The monoisotopic (exact) mass is 397 g/mol. The van der Waals surface area contributed by atoms with Crippen LogP contribution in [0.15, 0.2) is 52.0 Å². The van der Waals surface area contributed by atoms with Crippen molar-refractivity contribution >= 4 is 56.8 Å². The minimum atomic E-state index is 0.368. The van der Waals surface area contributed by atoms with Crippen molar-refractivity contribution in [3.63, 3.8) is 0 Å². The van der Waals surface area contributed by atoms with Gasteiger partial charge < -0.3 is 10.1 Å². The second kappa shape index (κ2) is 8.12. The number of nitrogens with zero attached hydrogens (tertiary/aromatic N) is 1.